The number of furan rings is 1. The summed E-state index contributed by atoms with van der Waals surface area (Å²) in [6, 6.07) is 11.7. The first-order valence-corrected chi connectivity index (χ1v) is 10.3. The SMILES string of the molecule is O=C(C1=C(O)C(=O)N(CCCn2ccnc2)[C@H]1c1cccnc1)c1cc2ccccc2o1. The molecule has 4 heterocycles. The Morgan fingerprint density at radius 1 is 1.09 bits per heavy atom. The van der Waals surface area contributed by atoms with Gasteiger partial charge in [-0.2, -0.15) is 0 Å². The highest BCUT2D eigenvalue weighted by Crippen LogP contribution is 2.39. The Balaban J connectivity index is 1.49. The van der Waals surface area contributed by atoms with Gasteiger partial charge in [0.05, 0.1) is 17.9 Å². The molecule has 0 fully saturated rings. The molecule has 1 aliphatic heterocycles. The minimum atomic E-state index is -0.750. The molecule has 1 aromatic carbocycles. The fourth-order valence-corrected chi connectivity index (χ4v) is 4.07. The molecule has 1 atom stereocenters. The number of aliphatic hydroxyl groups excluding tert-OH is 1. The lowest BCUT2D eigenvalue weighted by Gasteiger charge is -2.26. The highest BCUT2D eigenvalue weighted by atomic mass is 16.3. The van der Waals surface area contributed by atoms with E-state index in [1.165, 1.54) is 4.90 Å². The van der Waals surface area contributed by atoms with Crippen molar-refractivity contribution in [2.24, 2.45) is 0 Å². The van der Waals surface area contributed by atoms with Gasteiger partial charge in [-0.3, -0.25) is 14.6 Å². The van der Waals surface area contributed by atoms with E-state index in [2.05, 4.69) is 9.97 Å². The second kappa shape index (κ2) is 8.14. The van der Waals surface area contributed by atoms with E-state index < -0.39 is 23.5 Å². The van der Waals surface area contributed by atoms with Gasteiger partial charge in [0.25, 0.3) is 5.91 Å². The summed E-state index contributed by atoms with van der Waals surface area (Å²) in [5.41, 5.74) is 1.21. The van der Waals surface area contributed by atoms with Crippen LogP contribution in [0.3, 0.4) is 0 Å². The molecule has 5 rings (SSSR count). The number of benzene rings is 1. The Labute approximate surface area is 183 Å². The first-order chi connectivity index (χ1) is 15.6. The van der Waals surface area contributed by atoms with E-state index in [1.807, 2.05) is 29.0 Å². The van der Waals surface area contributed by atoms with Crippen molar-refractivity contribution in [1.29, 1.82) is 0 Å². The summed E-state index contributed by atoms with van der Waals surface area (Å²) in [5, 5.41) is 11.5. The average Bonchev–Trinajstić information content (AvgIpc) is 3.54. The van der Waals surface area contributed by atoms with Crippen molar-refractivity contribution in [3.63, 3.8) is 0 Å². The van der Waals surface area contributed by atoms with E-state index in [1.54, 1.807) is 49.2 Å². The Hall–Kier alpha value is -4.20. The maximum atomic E-state index is 13.4. The number of carbonyl (C=O) groups is 2. The van der Waals surface area contributed by atoms with Gasteiger partial charge >= 0.3 is 0 Å². The van der Waals surface area contributed by atoms with Gasteiger partial charge in [0.15, 0.2) is 11.5 Å². The molecule has 0 unspecified atom stereocenters. The van der Waals surface area contributed by atoms with Crippen molar-refractivity contribution in [1.82, 2.24) is 19.4 Å². The number of aromatic nitrogens is 3. The smallest absolute Gasteiger partial charge is 0.290 e. The summed E-state index contributed by atoms with van der Waals surface area (Å²) in [6.45, 7) is 0.995. The summed E-state index contributed by atoms with van der Waals surface area (Å²) in [6.07, 6.45) is 9.09. The topological polar surface area (TPSA) is 101 Å². The number of hydrogen-bond donors (Lipinski definition) is 1. The summed E-state index contributed by atoms with van der Waals surface area (Å²) in [7, 11) is 0. The molecule has 0 saturated carbocycles. The number of para-hydroxylation sites is 1. The van der Waals surface area contributed by atoms with E-state index in [-0.39, 0.29) is 11.3 Å². The van der Waals surface area contributed by atoms with Crippen LogP contribution in [0, 0.1) is 0 Å². The van der Waals surface area contributed by atoms with Crippen LogP contribution in [0.15, 0.2) is 89.3 Å². The average molecular weight is 428 g/mol. The van der Waals surface area contributed by atoms with Crippen LogP contribution in [0.1, 0.15) is 28.6 Å². The number of imidazole rings is 1. The molecular formula is C24H20N4O4. The summed E-state index contributed by atoms with van der Waals surface area (Å²) in [4.78, 5) is 36.1. The Kier molecular flexibility index (Phi) is 5.03. The maximum absolute atomic E-state index is 13.4. The lowest BCUT2D eigenvalue weighted by atomic mass is 9.96. The van der Waals surface area contributed by atoms with E-state index in [9.17, 15) is 14.7 Å². The summed E-state index contributed by atoms with van der Waals surface area (Å²) in [5.74, 6) is -1.57. The minimum Gasteiger partial charge on any atom is -0.503 e. The number of fused-ring (bicyclic) bond motifs is 1. The second-order valence-electron chi connectivity index (χ2n) is 7.58. The Morgan fingerprint density at radius 3 is 2.72 bits per heavy atom. The zero-order valence-corrected chi connectivity index (χ0v) is 17.1. The van der Waals surface area contributed by atoms with Crippen LogP contribution in [0.5, 0.6) is 0 Å². The molecule has 0 spiro atoms. The van der Waals surface area contributed by atoms with E-state index in [0.29, 0.717) is 30.7 Å². The molecule has 0 radical (unpaired) electrons. The number of ketones is 1. The summed E-state index contributed by atoms with van der Waals surface area (Å²) >= 11 is 0. The number of pyridine rings is 1. The fourth-order valence-electron chi connectivity index (χ4n) is 4.07. The Bertz CT molecular complexity index is 1280. The molecule has 8 nitrogen and oxygen atoms in total. The number of hydrogen-bond acceptors (Lipinski definition) is 6. The van der Waals surface area contributed by atoms with E-state index in [0.717, 1.165) is 5.39 Å². The lowest BCUT2D eigenvalue weighted by molar-refractivity contribution is -0.129. The monoisotopic (exact) mass is 428 g/mol. The summed E-state index contributed by atoms with van der Waals surface area (Å²) < 4.78 is 7.63. The van der Waals surface area contributed by atoms with Gasteiger partial charge in [-0.05, 0) is 30.2 Å². The zero-order chi connectivity index (χ0) is 22.1. The number of carbonyl (C=O) groups excluding carboxylic acids is 2. The third-order valence-corrected chi connectivity index (χ3v) is 5.57. The quantitative estimate of drug-likeness (QED) is 0.451. The molecular weight excluding hydrogens is 408 g/mol. The van der Waals surface area contributed by atoms with Crippen LogP contribution in [0.25, 0.3) is 11.0 Å². The molecule has 160 valence electrons. The van der Waals surface area contributed by atoms with Crippen LogP contribution in [0.4, 0.5) is 0 Å². The van der Waals surface area contributed by atoms with Crippen molar-refractivity contribution < 1.29 is 19.1 Å². The van der Waals surface area contributed by atoms with Gasteiger partial charge in [0, 0.05) is 43.3 Å². The third-order valence-electron chi connectivity index (χ3n) is 5.57. The molecule has 1 aliphatic rings. The van der Waals surface area contributed by atoms with Crippen LogP contribution < -0.4 is 0 Å². The molecule has 0 aliphatic carbocycles. The number of aliphatic hydroxyl groups is 1. The maximum Gasteiger partial charge on any atom is 0.290 e. The van der Waals surface area contributed by atoms with Gasteiger partial charge < -0.3 is 19.0 Å². The van der Waals surface area contributed by atoms with E-state index in [4.69, 9.17) is 4.42 Å². The van der Waals surface area contributed by atoms with Crippen molar-refractivity contribution >= 4 is 22.7 Å². The fraction of sp³-hybridized carbons (Fsp3) is 0.167. The molecule has 3 aromatic heterocycles. The molecule has 1 N–H and O–H groups in total. The second-order valence-corrected chi connectivity index (χ2v) is 7.58. The number of amides is 1. The van der Waals surface area contributed by atoms with E-state index >= 15 is 0 Å². The van der Waals surface area contributed by atoms with Gasteiger partial charge in [0.2, 0.25) is 5.78 Å². The number of Topliss-reactive ketones (excluding diaryl/α,β-unsaturated/α-hetero) is 1. The predicted molar refractivity (Wildman–Crippen MR) is 116 cm³/mol. The predicted octanol–water partition coefficient (Wildman–Crippen LogP) is 3.69. The van der Waals surface area contributed by atoms with Gasteiger partial charge in [-0.15, -0.1) is 0 Å². The van der Waals surface area contributed by atoms with Gasteiger partial charge in [-0.1, -0.05) is 24.3 Å². The largest absolute Gasteiger partial charge is 0.503 e. The van der Waals surface area contributed by atoms with Crippen molar-refractivity contribution in [3.8, 4) is 0 Å². The molecule has 8 heteroatoms. The standard InChI is InChI=1S/C24H20N4O4/c29-22(19-13-16-5-1-2-7-18(16)32-19)20-21(17-6-3-8-25-14-17)28(24(31)23(20)30)11-4-10-27-12-9-26-15-27/h1-3,5-9,12-15,21,30H,4,10-11H2/t21-/m0/s1. The highest BCUT2D eigenvalue weighted by molar-refractivity contribution is 6.15. The molecule has 1 amide bonds. The number of aryl methyl sites for hydroxylation is 1. The minimum absolute atomic E-state index is 0.00434. The normalized spacial score (nSPS) is 16.3. The number of rotatable bonds is 7. The Morgan fingerprint density at radius 2 is 1.97 bits per heavy atom. The first kappa shape index (κ1) is 19.7. The van der Waals surface area contributed by atoms with Crippen molar-refractivity contribution in [3.05, 3.63) is 96.2 Å². The molecule has 0 saturated heterocycles. The highest BCUT2D eigenvalue weighted by Gasteiger charge is 2.44. The van der Waals surface area contributed by atoms with Crippen LogP contribution in [-0.4, -0.2) is 42.8 Å². The lowest BCUT2D eigenvalue weighted by Crippen LogP contribution is -2.32. The molecule has 32 heavy (non-hydrogen) atoms. The molecule has 4 aromatic rings. The third kappa shape index (κ3) is 3.45. The van der Waals surface area contributed by atoms with Crippen LogP contribution in [0.2, 0.25) is 0 Å². The number of nitrogens with zero attached hydrogens (tertiary/aromatic N) is 4. The van der Waals surface area contributed by atoms with Crippen molar-refractivity contribution in [2.45, 2.75) is 19.0 Å². The van der Waals surface area contributed by atoms with Gasteiger partial charge in [0.1, 0.15) is 5.58 Å². The first-order valence-electron chi connectivity index (χ1n) is 10.3. The van der Waals surface area contributed by atoms with Crippen LogP contribution in [-0.2, 0) is 11.3 Å². The van der Waals surface area contributed by atoms with Crippen LogP contribution >= 0.6 is 0 Å². The van der Waals surface area contributed by atoms with Gasteiger partial charge in [-0.25, -0.2) is 4.98 Å². The molecule has 0 bridgehead atoms. The zero-order valence-electron chi connectivity index (χ0n) is 17.1. The van der Waals surface area contributed by atoms with Crippen molar-refractivity contribution in [2.75, 3.05) is 6.54 Å².